The first-order valence-corrected chi connectivity index (χ1v) is 4.30. The first-order chi connectivity index (χ1) is 5.79. The Labute approximate surface area is 72.1 Å². The highest BCUT2D eigenvalue weighted by Gasteiger charge is 2.27. The molecule has 70 valence electrons. The van der Waals surface area contributed by atoms with Gasteiger partial charge in [0.2, 0.25) is 0 Å². The molecule has 1 saturated heterocycles. The van der Waals surface area contributed by atoms with Gasteiger partial charge in [-0.2, -0.15) is 0 Å². The predicted molar refractivity (Wildman–Crippen MR) is 43.7 cm³/mol. The Kier molecular flexibility index (Phi) is 3.49. The molecule has 0 radical (unpaired) electrons. The minimum Gasteiger partial charge on any atom is -0.396 e. The van der Waals surface area contributed by atoms with Gasteiger partial charge in [-0.1, -0.05) is 0 Å². The Bertz CT molecular complexity index is 158. The van der Waals surface area contributed by atoms with Gasteiger partial charge in [-0.05, 0) is 6.92 Å². The molecule has 4 heteroatoms. The van der Waals surface area contributed by atoms with Crippen molar-refractivity contribution in [2.24, 2.45) is 0 Å². The summed E-state index contributed by atoms with van der Waals surface area (Å²) in [5.41, 5.74) is 0. The number of morpholine rings is 1. The Morgan fingerprint density at radius 3 is 3.08 bits per heavy atom. The van der Waals surface area contributed by atoms with Crippen molar-refractivity contribution < 1.29 is 14.6 Å². The van der Waals surface area contributed by atoms with Crippen molar-refractivity contribution >= 4 is 5.91 Å². The zero-order chi connectivity index (χ0) is 8.97. The van der Waals surface area contributed by atoms with Gasteiger partial charge in [0.15, 0.2) is 0 Å². The van der Waals surface area contributed by atoms with Gasteiger partial charge in [0.05, 0.1) is 6.61 Å². The number of hydrogen-bond donors (Lipinski definition) is 1. The van der Waals surface area contributed by atoms with Gasteiger partial charge in [-0.25, -0.2) is 0 Å². The molecule has 1 rings (SSSR count). The zero-order valence-corrected chi connectivity index (χ0v) is 7.32. The molecule has 0 aliphatic carbocycles. The van der Waals surface area contributed by atoms with Gasteiger partial charge in [0.1, 0.15) is 6.10 Å². The van der Waals surface area contributed by atoms with E-state index in [0.717, 1.165) is 6.54 Å². The maximum Gasteiger partial charge on any atom is 0.251 e. The van der Waals surface area contributed by atoms with Gasteiger partial charge < -0.3 is 14.7 Å². The van der Waals surface area contributed by atoms with Crippen LogP contribution in [0.15, 0.2) is 0 Å². The molecule has 1 aliphatic heterocycles. The van der Waals surface area contributed by atoms with Crippen molar-refractivity contribution in [3.05, 3.63) is 0 Å². The van der Waals surface area contributed by atoms with Crippen molar-refractivity contribution in [2.75, 3.05) is 26.3 Å². The monoisotopic (exact) mass is 173 g/mol. The highest BCUT2D eigenvalue weighted by molar-refractivity contribution is 5.81. The van der Waals surface area contributed by atoms with Crippen molar-refractivity contribution in [1.29, 1.82) is 0 Å². The molecule has 0 aromatic rings. The topological polar surface area (TPSA) is 49.8 Å². The van der Waals surface area contributed by atoms with E-state index >= 15 is 0 Å². The summed E-state index contributed by atoms with van der Waals surface area (Å²) in [6.45, 7) is 3.94. The number of amides is 1. The lowest BCUT2D eigenvalue weighted by atomic mass is 10.2. The summed E-state index contributed by atoms with van der Waals surface area (Å²) in [7, 11) is 0. The van der Waals surface area contributed by atoms with Gasteiger partial charge in [-0.15, -0.1) is 0 Å². The molecule has 0 aromatic heterocycles. The Morgan fingerprint density at radius 2 is 2.50 bits per heavy atom. The molecule has 4 nitrogen and oxygen atoms in total. The van der Waals surface area contributed by atoms with Crippen molar-refractivity contribution in [2.45, 2.75) is 19.4 Å². The lowest BCUT2D eigenvalue weighted by Crippen LogP contribution is -2.47. The van der Waals surface area contributed by atoms with Gasteiger partial charge in [0.25, 0.3) is 5.91 Å². The average molecular weight is 173 g/mol. The van der Waals surface area contributed by atoms with Crippen LogP contribution in [0.1, 0.15) is 13.3 Å². The summed E-state index contributed by atoms with van der Waals surface area (Å²) in [4.78, 5) is 13.2. The van der Waals surface area contributed by atoms with Crippen LogP contribution in [0, 0.1) is 0 Å². The Hall–Kier alpha value is -0.610. The van der Waals surface area contributed by atoms with E-state index in [2.05, 4.69) is 0 Å². The number of carbonyl (C=O) groups is 1. The fourth-order valence-corrected chi connectivity index (χ4v) is 1.33. The Morgan fingerprint density at radius 1 is 1.75 bits per heavy atom. The van der Waals surface area contributed by atoms with Crippen molar-refractivity contribution in [1.82, 2.24) is 4.90 Å². The SMILES string of the molecule is CCN1CCOC(CCO)C1=O. The largest absolute Gasteiger partial charge is 0.396 e. The summed E-state index contributed by atoms with van der Waals surface area (Å²) >= 11 is 0. The standard InChI is InChI=1S/C8H15NO3/c1-2-9-4-6-12-7(3-5-10)8(9)11/h7,10H,2-6H2,1H3. The molecule has 1 fully saturated rings. The van der Waals surface area contributed by atoms with E-state index in [4.69, 9.17) is 9.84 Å². The van der Waals surface area contributed by atoms with Crippen LogP contribution in [-0.4, -0.2) is 48.3 Å². The maximum absolute atomic E-state index is 11.4. The average Bonchev–Trinajstić information content (AvgIpc) is 2.09. The Balaban J connectivity index is 2.47. The molecule has 1 aliphatic rings. The molecule has 0 saturated carbocycles. The number of ether oxygens (including phenoxy) is 1. The van der Waals surface area contributed by atoms with Crippen molar-refractivity contribution in [3.8, 4) is 0 Å². The van der Waals surface area contributed by atoms with E-state index in [9.17, 15) is 4.79 Å². The third kappa shape index (κ3) is 1.95. The highest BCUT2D eigenvalue weighted by atomic mass is 16.5. The molecule has 1 atom stereocenters. The third-order valence-electron chi connectivity index (χ3n) is 2.04. The summed E-state index contributed by atoms with van der Waals surface area (Å²) in [5, 5.41) is 8.64. The van der Waals surface area contributed by atoms with Crippen LogP contribution in [0.5, 0.6) is 0 Å². The minimum atomic E-state index is -0.413. The summed E-state index contributed by atoms with van der Waals surface area (Å²) in [6.07, 6.45) is -0.00120. The van der Waals surface area contributed by atoms with E-state index in [1.165, 1.54) is 0 Å². The molecule has 12 heavy (non-hydrogen) atoms. The molecule has 1 unspecified atom stereocenters. The van der Waals surface area contributed by atoms with Gasteiger partial charge >= 0.3 is 0 Å². The number of hydrogen-bond acceptors (Lipinski definition) is 3. The molecular weight excluding hydrogens is 158 g/mol. The minimum absolute atomic E-state index is 0.00790. The highest BCUT2D eigenvalue weighted by Crippen LogP contribution is 2.09. The number of aliphatic hydroxyl groups excluding tert-OH is 1. The number of rotatable bonds is 3. The van der Waals surface area contributed by atoms with Crippen molar-refractivity contribution in [3.63, 3.8) is 0 Å². The van der Waals surface area contributed by atoms with Crippen LogP contribution < -0.4 is 0 Å². The van der Waals surface area contributed by atoms with Crippen LogP contribution >= 0.6 is 0 Å². The normalized spacial score (nSPS) is 24.7. The lowest BCUT2D eigenvalue weighted by molar-refractivity contribution is -0.153. The van der Waals surface area contributed by atoms with E-state index < -0.39 is 6.10 Å². The second kappa shape index (κ2) is 4.42. The predicted octanol–water partition coefficient (Wildman–Crippen LogP) is -0.384. The fraction of sp³-hybridized carbons (Fsp3) is 0.875. The molecule has 0 spiro atoms. The summed E-state index contributed by atoms with van der Waals surface area (Å²) < 4.78 is 5.21. The molecule has 1 heterocycles. The lowest BCUT2D eigenvalue weighted by Gasteiger charge is -2.31. The molecule has 0 aromatic carbocycles. The van der Waals surface area contributed by atoms with E-state index in [0.29, 0.717) is 19.6 Å². The van der Waals surface area contributed by atoms with E-state index in [1.54, 1.807) is 4.90 Å². The van der Waals surface area contributed by atoms with Crippen LogP contribution in [0.25, 0.3) is 0 Å². The molecule has 1 amide bonds. The van der Waals surface area contributed by atoms with Crippen LogP contribution in [0.4, 0.5) is 0 Å². The van der Waals surface area contributed by atoms with Crippen LogP contribution in [-0.2, 0) is 9.53 Å². The first-order valence-electron chi connectivity index (χ1n) is 4.30. The zero-order valence-electron chi connectivity index (χ0n) is 7.32. The van der Waals surface area contributed by atoms with Gasteiger partial charge in [0, 0.05) is 26.1 Å². The van der Waals surface area contributed by atoms with Gasteiger partial charge in [-0.3, -0.25) is 4.79 Å². The molecule has 1 N–H and O–H groups in total. The number of likely N-dealkylation sites (N-methyl/N-ethyl adjacent to an activating group) is 1. The summed E-state index contributed by atoms with van der Waals surface area (Å²) in [6, 6.07) is 0. The second-order valence-electron chi connectivity index (χ2n) is 2.79. The first kappa shape index (κ1) is 9.48. The van der Waals surface area contributed by atoms with Crippen LogP contribution in [0.2, 0.25) is 0 Å². The molecular formula is C8H15NO3. The summed E-state index contributed by atoms with van der Waals surface area (Å²) in [5.74, 6) is 0.0119. The second-order valence-corrected chi connectivity index (χ2v) is 2.79. The van der Waals surface area contributed by atoms with Crippen LogP contribution in [0.3, 0.4) is 0 Å². The number of nitrogens with zero attached hydrogens (tertiary/aromatic N) is 1. The number of aliphatic hydroxyl groups is 1. The van der Waals surface area contributed by atoms with E-state index in [1.807, 2.05) is 6.92 Å². The maximum atomic E-state index is 11.4. The van der Waals surface area contributed by atoms with E-state index in [-0.39, 0.29) is 12.5 Å². The fourth-order valence-electron chi connectivity index (χ4n) is 1.33. The quantitative estimate of drug-likeness (QED) is 0.632. The third-order valence-corrected chi connectivity index (χ3v) is 2.04. The molecule has 0 bridgehead atoms. The number of carbonyl (C=O) groups excluding carboxylic acids is 1. The smallest absolute Gasteiger partial charge is 0.251 e.